The molecule has 94 valence electrons. The maximum absolute atomic E-state index is 6.04. The molecule has 2 nitrogen and oxygen atoms in total. The Labute approximate surface area is 104 Å². The van der Waals surface area contributed by atoms with Crippen molar-refractivity contribution in [1.29, 1.82) is 0 Å². The van der Waals surface area contributed by atoms with Gasteiger partial charge in [0.15, 0.2) is 0 Å². The zero-order valence-corrected chi connectivity index (χ0v) is 11.5. The lowest BCUT2D eigenvalue weighted by Crippen LogP contribution is -2.33. The van der Waals surface area contributed by atoms with E-state index in [-0.39, 0.29) is 5.41 Å². The molecule has 0 saturated carbocycles. The van der Waals surface area contributed by atoms with Gasteiger partial charge in [-0.1, -0.05) is 20.8 Å². The highest BCUT2D eigenvalue weighted by Crippen LogP contribution is 2.44. The number of methoxy groups -OCH3 is 1. The van der Waals surface area contributed by atoms with Crippen LogP contribution in [-0.2, 0) is 5.41 Å². The highest BCUT2D eigenvalue weighted by Gasteiger charge is 2.34. The summed E-state index contributed by atoms with van der Waals surface area (Å²) in [7, 11) is 1.72. The van der Waals surface area contributed by atoms with Crippen LogP contribution >= 0.6 is 0 Å². The molecular formula is C15H22O2. The largest absolute Gasteiger partial charge is 0.496 e. The van der Waals surface area contributed by atoms with Crippen molar-refractivity contribution in [3.05, 3.63) is 23.3 Å². The van der Waals surface area contributed by atoms with Crippen LogP contribution in [0.25, 0.3) is 0 Å². The molecule has 2 heteroatoms. The van der Waals surface area contributed by atoms with Gasteiger partial charge in [0.2, 0.25) is 0 Å². The van der Waals surface area contributed by atoms with Gasteiger partial charge in [-0.05, 0) is 42.9 Å². The van der Waals surface area contributed by atoms with Gasteiger partial charge in [-0.3, -0.25) is 0 Å². The Morgan fingerprint density at radius 3 is 2.71 bits per heavy atom. The molecule has 17 heavy (non-hydrogen) atoms. The average Bonchev–Trinajstić information content (AvgIpc) is 2.27. The first-order valence-electron chi connectivity index (χ1n) is 6.33. The third kappa shape index (κ3) is 2.13. The SMILES string of the molecule is CCC1CC(C)(C)c2cc(OC)c(C)cc2O1. The fourth-order valence-electron chi connectivity index (χ4n) is 2.64. The second-order valence-corrected chi connectivity index (χ2v) is 5.55. The van der Waals surface area contributed by atoms with Crippen LogP contribution in [0.1, 0.15) is 44.7 Å². The quantitative estimate of drug-likeness (QED) is 0.774. The van der Waals surface area contributed by atoms with E-state index in [1.807, 2.05) is 0 Å². The predicted molar refractivity (Wildman–Crippen MR) is 70.1 cm³/mol. The van der Waals surface area contributed by atoms with Crippen molar-refractivity contribution in [1.82, 2.24) is 0 Å². The Morgan fingerprint density at radius 1 is 1.41 bits per heavy atom. The number of hydrogen-bond acceptors (Lipinski definition) is 2. The molecule has 0 spiro atoms. The van der Waals surface area contributed by atoms with Crippen LogP contribution < -0.4 is 9.47 Å². The molecule has 0 saturated heterocycles. The third-order valence-corrected chi connectivity index (χ3v) is 3.71. The molecule has 1 aromatic carbocycles. The van der Waals surface area contributed by atoms with Gasteiger partial charge < -0.3 is 9.47 Å². The maximum atomic E-state index is 6.04. The molecule has 1 heterocycles. The predicted octanol–water partition coefficient (Wildman–Crippen LogP) is 3.84. The lowest BCUT2D eigenvalue weighted by atomic mass is 9.76. The summed E-state index contributed by atoms with van der Waals surface area (Å²) in [5.74, 6) is 1.99. The Morgan fingerprint density at radius 2 is 2.12 bits per heavy atom. The van der Waals surface area contributed by atoms with Crippen LogP contribution in [0, 0.1) is 6.92 Å². The molecule has 0 N–H and O–H groups in total. The topological polar surface area (TPSA) is 18.5 Å². The highest BCUT2D eigenvalue weighted by molar-refractivity contribution is 5.50. The summed E-state index contributed by atoms with van der Waals surface area (Å²) >= 11 is 0. The molecule has 0 bridgehead atoms. The average molecular weight is 234 g/mol. The van der Waals surface area contributed by atoms with Crippen molar-refractivity contribution in [2.45, 2.75) is 52.1 Å². The van der Waals surface area contributed by atoms with Gasteiger partial charge in [0, 0.05) is 5.56 Å². The first-order valence-corrected chi connectivity index (χ1v) is 6.33. The molecule has 0 aliphatic carbocycles. The van der Waals surface area contributed by atoms with Crippen LogP contribution in [0.3, 0.4) is 0 Å². The molecule has 0 amide bonds. The van der Waals surface area contributed by atoms with Crippen molar-refractivity contribution in [3.8, 4) is 11.5 Å². The minimum Gasteiger partial charge on any atom is -0.496 e. The van der Waals surface area contributed by atoms with Gasteiger partial charge in [-0.25, -0.2) is 0 Å². The smallest absolute Gasteiger partial charge is 0.123 e. The van der Waals surface area contributed by atoms with Crippen molar-refractivity contribution in [2.24, 2.45) is 0 Å². The first-order chi connectivity index (χ1) is 7.97. The van der Waals surface area contributed by atoms with Gasteiger partial charge >= 0.3 is 0 Å². The van der Waals surface area contributed by atoms with Crippen molar-refractivity contribution in [2.75, 3.05) is 7.11 Å². The molecule has 1 aliphatic heterocycles. The number of benzene rings is 1. The number of fused-ring (bicyclic) bond motifs is 1. The van der Waals surface area contributed by atoms with Crippen molar-refractivity contribution >= 4 is 0 Å². The van der Waals surface area contributed by atoms with E-state index in [2.05, 4.69) is 39.8 Å². The summed E-state index contributed by atoms with van der Waals surface area (Å²) in [4.78, 5) is 0. The van der Waals surface area contributed by atoms with E-state index < -0.39 is 0 Å². The third-order valence-electron chi connectivity index (χ3n) is 3.71. The summed E-state index contributed by atoms with van der Waals surface area (Å²) in [6, 6.07) is 4.24. The van der Waals surface area contributed by atoms with Gasteiger partial charge in [-0.15, -0.1) is 0 Å². The fourth-order valence-corrected chi connectivity index (χ4v) is 2.64. The minimum atomic E-state index is 0.162. The molecule has 2 rings (SSSR count). The monoisotopic (exact) mass is 234 g/mol. The van der Waals surface area contributed by atoms with Crippen LogP contribution in [0.2, 0.25) is 0 Å². The van der Waals surface area contributed by atoms with Gasteiger partial charge in [0.25, 0.3) is 0 Å². The number of aryl methyl sites for hydroxylation is 1. The highest BCUT2D eigenvalue weighted by atomic mass is 16.5. The zero-order valence-electron chi connectivity index (χ0n) is 11.5. The first kappa shape index (κ1) is 12.3. The summed E-state index contributed by atoms with van der Waals surface area (Å²) in [5, 5.41) is 0. The molecule has 0 fully saturated rings. The Kier molecular flexibility index (Phi) is 3.07. The molecule has 1 atom stereocenters. The van der Waals surface area contributed by atoms with E-state index in [1.54, 1.807) is 7.11 Å². The van der Waals surface area contributed by atoms with E-state index in [0.717, 1.165) is 29.9 Å². The normalized spacial score (nSPS) is 21.6. The molecule has 0 aromatic heterocycles. The lowest BCUT2D eigenvalue weighted by Gasteiger charge is -2.37. The lowest BCUT2D eigenvalue weighted by molar-refractivity contribution is 0.130. The summed E-state index contributed by atoms with van der Waals surface area (Å²) in [6.45, 7) is 8.81. The van der Waals surface area contributed by atoms with E-state index in [4.69, 9.17) is 9.47 Å². The number of hydrogen-bond donors (Lipinski definition) is 0. The van der Waals surface area contributed by atoms with Crippen molar-refractivity contribution in [3.63, 3.8) is 0 Å². The Bertz CT molecular complexity index is 421. The van der Waals surface area contributed by atoms with E-state index >= 15 is 0 Å². The standard InChI is InChI=1S/C15H22O2/c1-6-11-9-15(3,4)12-8-13(16-5)10(2)7-14(12)17-11/h7-8,11H,6,9H2,1-5H3. The van der Waals surface area contributed by atoms with Crippen LogP contribution in [-0.4, -0.2) is 13.2 Å². The van der Waals surface area contributed by atoms with E-state index in [9.17, 15) is 0 Å². The molecule has 1 unspecified atom stereocenters. The summed E-state index contributed by atoms with van der Waals surface area (Å²) in [6.07, 6.45) is 2.47. The molecular weight excluding hydrogens is 212 g/mol. The van der Waals surface area contributed by atoms with Crippen LogP contribution in [0.4, 0.5) is 0 Å². The molecule has 0 radical (unpaired) electrons. The minimum absolute atomic E-state index is 0.162. The van der Waals surface area contributed by atoms with Crippen LogP contribution in [0.15, 0.2) is 12.1 Å². The molecule has 1 aliphatic rings. The number of rotatable bonds is 2. The Balaban J connectivity index is 2.50. The second kappa shape index (κ2) is 4.25. The van der Waals surface area contributed by atoms with E-state index in [0.29, 0.717) is 6.10 Å². The van der Waals surface area contributed by atoms with Crippen molar-refractivity contribution < 1.29 is 9.47 Å². The van der Waals surface area contributed by atoms with Gasteiger partial charge in [0.05, 0.1) is 13.2 Å². The molecule has 1 aromatic rings. The van der Waals surface area contributed by atoms with Gasteiger partial charge in [-0.2, -0.15) is 0 Å². The summed E-state index contributed by atoms with van der Waals surface area (Å²) in [5.41, 5.74) is 2.57. The van der Waals surface area contributed by atoms with Crippen LogP contribution in [0.5, 0.6) is 11.5 Å². The second-order valence-electron chi connectivity index (χ2n) is 5.55. The Hall–Kier alpha value is -1.18. The maximum Gasteiger partial charge on any atom is 0.123 e. The zero-order chi connectivity index (χ0) is 12.6. The van der Waals surface area contributed by atoms with Gasteiger partial charge in [0.1, 0.15) is 11.5 Å². The van der Waals surface area contributed by atoms with E-state index in [1.165, 1.54) is 5.56 Å². The fraction of sp³-hybridized carbons (Fsp3) is 0.600. The summed E-state index contributed by atoms with van der Waals surface area (Å²) < 4.78 is 11.4. The number of ether oxygens (including phenoxy) is 2.